The number of hydrogen-bond acceptors (Lipinski definition) is 5. The first-order valence-electron chi connectivity index (χ1n) is 8.98. The fraction of sp³-hybridized carbons (Fsp3) is 0.556. The van der Waals surface area contributed by atoms with Crippen LogP contribution in [0.4, 0.5) is 5.82 Å². The predicted molar refractivity (Wildman–Crippen MR) is 94.4 cm³/mol. The SMILES string of the molecule is Cc1cc(C(=O)N2CCC(N(c3ccncn3)C3CC3)CC2)n(C)n1. The van der Waals surface area contributed by atoms with Gasteiger partial charge in [0.25, 0.3) is 5.91 Å². The van der Waals surface area contributed by atoms with Crippen molar-refractivity contribution in [1.29, 1.82) is 0 Å². The zero-order chi connectivity index (χ0) is 17.4. The first-order chi connectivity index (χ1) is 12.1. The van der Waals surface area contributed by atoms with Gasteiger partial charge in [-0.25, -0.2) is 9.97 Å². The van der Waals surface area contributed by atoms with Gasteiger partial charge in [0.05, 0.1) is 5.69 Å². The zero-order valence-corrected chi connectivity index (χ0v) is 14.8. The maximum absolute atomic E-state index is 12.8. The van der Waals surface area contributed by atoms with Crippen LogP contribution in [0.5, 0.6) is 0 Å². The van der Waals surface area contributed by atoms with Crippen LogP contribution in [0.25, 0.3) is 0 Å². The molecular formula is C18H24N6O. The Balaban J connectivity index is 1.44. The largest absolute Gasteiger partial charge is 0.350 e. The minimum atomic E-state index is 0.0848. The summed E-state index contributed by atoms with van der Waals surface area (Å²) in [4.78, 5) is 25.7. The topological polar surface area (TPSA) is 67.2 Å². The van der Waals surface area contributed by atoms with Gasteiger partial charge in [-0.05, 0) is 44.7 Å². The Bertz CT molecular complexity index is 746. The van der Waals surface area contributed by atoms with Gasteiger partial charge in [-0.1, -0.05) is 0 Å². The molecular weight excluding hydrogens is 316 g/mol. The van der Waals surface area contributed by atoms with Crippen molar-refractivity contribution in [2.24, 2.45) is 7.05 Å². The summed E-state index contributed by atoms with van der Waals surface area (Å²) in [7, 11) is 1.83. The van der Waals surface area contributed by atoms with Crippen molar-refractivity contribution in [1.82, 2.24) is 24.6 Å². The number of aromatic nitrogens is 4. The lowest BCUT2D eigenvalue weighted by Gasteiger charge is -2.39. The van der Waals surface area contributed by atoms with Crippen molar-refractivity contribution >= 4 is 11.7 Å². The van der Waals surface area contributed by atoms with Gasteiger partial charge < -0.3 is 9.80 Å². The third-order valence-corrected chi connectivity index (χ3v) is 5.14. The van der Waals surface area contributed by atoms with Gasteiger partial charge in [0.15, 0.2) is 0 Å². The summed E-state index contributed by atoms with van der Waals surface area (Å²) >= 11 is 0. The fourth-order valence-corrected chi connectivity index (χ4v) is 3.78. The van der Waals surface area contributed by atoms with Crippen molar-refractivity contribution in [2.45, 2.75) is 44.7 Å². The average molecular weight is 340 g/mol. The molecule has 7 heteroatoms. The highest BCUT2D eigenvalue weighted by Crippen LogP contribution is 2.35. The van der Waals surface area contributed by atoms with Crippen LogP contribution in [0.15, 0.2) is 24.7 Å². The molecule has 0 radical (unpaired) electrons. The number of piperidine rings is 1. The molecule has 25 heavy (non-hydrogen) atoms. The van der Waals surface area contributed by atoms with Crippen molar-refractivity contribution in [3.05, 3.63) is 36.0 Å². The molecule has 1 aliphatic heterocycles. The molecule has 132 valence electrons. The number of carbonyl (C=O) groups excluding carboxylic acids is 1. The van der Waals surface area contributed by atoms with E-state index in [-0.39, 0.29) is 5.91 Å². The number of aryl methyl sites for hydroxylation is 2. The van der Waals surface area contributed by atoms with Crippen molar-refractivity contribution in [3.63, 3.8) is 0 Å². The molecule has 2 aromatic rings. The lowest BCUT2D eigenvalue weighted by molar-refractivity contribution is 0.0700. The molecule has 1 saturated carbocycles. The highest BCUT2D eigenvalue weighted by molar-refractivity contribution is 5.92. The summed E-state index contributed by atoms with van der Waals surface area (Å²) in [6.45, 7) is 3.47. The van der Waals surface area contributed by atoms with Crippen LogP contribution in [-0.2, 0) is 7.05 Å². The summed E-state index contributed by atoms with van der Waals surface area (Å²) in [6, 6.07) is 4.90. The van der Waals surface area contributed by atoms with E-state index in [2.05, 4.69) is 20.0 Å². The normalized spacial score (nSPS) is 18.4. The predicted octanol–water partition coefficient (Wildman–Crippen LogP) is 1.79. The number of likely N-dealkylation sites (tertiary alicyclic amines) is 1. The molecule has 0 spiro atoms. The van der Waals surface area contributed by atoms with Gasteiger partial charge in [-0.2, -0.15) is 5.10 Å². The van der Waals surface area contributed by atoms with Crippen LogP contribution in [0.1, 0.15) is 41.9 Å². The average Bonchev–Trinajstić information content (AvgIpc) is 3.40. The molecule has 1 aliphatic carbocycles. The second-order valence-corrected chi connectivity index (χ2v) is 7.02. The minimum absolute atomic E-state index is 0.0848. The van der Waals surface area contributed by atoms with E-state index in [1.807, 2.05) is 31.0 Å². The van der Waals surface area contributed by atoms with E-state index < -0.39 is 0 Å². The standard InChI is InChI=1S/C18H24N6O/c1-13-11-16(22(2)21-13)18(25)23-9-6-15(7-10-23)24(14-3-4-14)17-5-8-19-12-20-17/h5,8,11-12,14-15H,3-4,6-7,9-10H2,1-2H3. The molecule has 4 rings (SSSR count). The molecule has 7 nitrogen and oxygen atoms in total. The Morgan fingerprint density at radius 2 is 1.92 bits per heavy atom. The van der Waals surface area contributed by atoms with Crippen LogP contribution >= 0.6 is 0 Å². The van der Waals surface area contributed by atoms with E-state index in [4.69, 9.17) is 0 Å². The van der Waals surface area contributed by atoms with Crippen LogP contribution in [-0.4, -0.2) is 55.7 Å². The number of hydrogen-bond donors (Lipinski definition) is 0. The van der Waals surface area contributed by atoms with Gasteiger partial charge in [-0.3, -0.25) is 9.48 Å². The second-order valence-electron chi connectivity index (χ2n) is 7.02. The fourth-order valence-electron chi connectivity index (χ4n) is 3.78. The molecule has 2 aliphatic rings. The van der Waals surface area contributed by atoms with Gasteiger partial charge >= 0.3 is 0 Å². The summed E-state index contributed by atoms with van der Waals surface area (Å²) < 4.78 is 1.68. The highest BCUT2D eigenvalue weighted by atomic mass is 16.2. The van der Waals surface area contributed by atoms with Crippen molar-refractivity contribution in [2.75, 3.05) is 18.0 Å². The highest BCUT2D eigenvalue weighted by Gasteiger charge is 2.37. The number of rotatable bonds is 4. The maximum atomic E-state index is 12.8. The van der Waals surface area contributed by atoms with E-state index >= 15 is 0 Å². The van der Waals surface area contributed by atoms with E-state index in [1.54, 1.807) is 17.2 Å². The van der Waals surface area contributed by atoms with Crippen LogP contribution in [0.2, 0.25) is 0 Å². The van der Waals surface area contributed by atoms with E-state index in [1.165, 1.54) is 12.8 Å². The van der Waals surface area contributed by atoms with E-state index in [0.717, 1.165) is 37.4 Å². The summed E-state index contributed by atoms with van der Waals surface area (Å²) in [5.74, 6) is 1.10. The molecule has 1 saturated heterocycles. The number of carbonyl (C=O) groups is 1. The number of amides is 1. The van der Waals surface area contributed by atoms with Gasteiger partial charge in [0.2, 0.25) is 0 Å². The smallest absolute Gasteiger partial charge is 0.272 e. The van der Waals surface area contributed by atoms with Gasteiger partial charge in [0, 0.05) is 38.4 Å². The third kappa shape index (κ3) is 3.23. The molecule has 1 amide bonds. The third-order valence-electron chi connectivity index (χ3n) is 5.14. The molecule has 3 heterocycles. The van der Waals surface area contributed by atoms with E-state index in [0.29, 0.717) is 17.8 Å². The maximum Gasteiger partial charge on any atom is 0.272 e. The zero-order valence-electron chi connectivity index (χ0n) is 14.8. The summed E-state index contributed by atoms with van der Waals surface area (Å²) in [5, 5.41) is 4.29. The Hall–Kier alpha value is -2.44. The molecule has 2 aromatic heterocycles. The van der Waals surface area contributed by atoms with Crippen LogP contribution in [0.3, 0.4) is 0 Å². The van der Waals surface area contributed by atoms with Gasteiger partial charge in [0.1, 0.15) is 17.8 Å². The Morgan fingerprint density at radius 1 is 1.20 bits per heavy atom. The summed E-state index contributed by atoms with van der Waals surface area (Å²) in [5.41, 5.74) is 1.55. The molecule has 0 aromatic carbocycles. The molecule has 2 fully saturated rings. The first-order valence-corrected chi connectivity index (χ1v) is 8.98. The minimum Gasteiger partial charge on any atom is -0.350 e. The van der Waals surface area contributed by atoms with Crippen molar-refractivity contribution < 1.29 is 4.79 Å². The lowest BCUT2D eigenvalue weighted by Crippen LogP contribution is -2.48. The van der Waals surface area contributed by atoms with Crippen LogP contribution in [0, 0.1) is 6.92 Å². The summed E-state index contributed by atoms with van der Waals surface area (Å²) in [6.07, 6.45) is 7.84. The monoisotopic (exact) mass is 340 g/mol. The molecule has 0 atom stereocenters. The number of nitrogens with zero attached hydrogens (tertiary/aromatic N) is 6. The molecule has 0 bridgehead atoms. The molecule has 0 unspecified atom stereocenters. The quantitative estimate of drug-likeness (QED) is 0.849. The Labute approximate surface area is 147 Å². The first kappa shape index (κ1) is 16.1. The van der Waals surface area contributed by atoms with E-state index in [9.17, 15) is 4.79 Å². The number of anilines is 1. The second kappa shape index (κ2) is 6.46. The molecule has 0 N–H and O–H groups in total. The van der Waals surface area contributed by atoms with Gasteiger partial charge in [-0.15, -0.1) is 0 Å². The Morgan fingerprint density at radius 3 is 2.48 bits per heavy atom. The van der Waals surface area contributed by atoms with Crippen LogP contribution < -0.4 is 4.90 Å². The van der Waals surface area contributed by atoms with Crippen molar-refractivity contribution in [3.8, 4) is 0 Å². The Kier molecular flexibility index (Phi) is 4.15. The lowest BCUT2D eigenvalue weighted by atomic mass is 10.0.